The van der Waals surface area contributed by atoms with Crippen LogP contribution in [-0.2, 0) is 0 Å². The lowest BCUT2D eigenvalue weighted by Gasteiger charge is -2.18. The Hall–Kier alpha value is -1.07. The van der Waals surface area contributed by atoms with Gasteiger partial charge >= 0.3 is 0 Å². The van der Waals surface area contributed by atoms with E-state index < -0.39 is 23.5 Å². The lowest BCUT2D eigenvalue weighted by Crippen LogP contribution is -2.30. The molecule has 0 spiro atoms. The Morgan fingerprint density at radius 2 is 1.82 bits per heavy atom. The molecule has 1 aromatic rings. The van der Waals surface area contributed by atoms with Crippen LogP contribution >= 0.6 is 0 Å². The van der Waals surface area contributed by atoms with Crippen LogP contribution in [0.15, 0.2) is 12.1 Å². The van der Waals surface area contributed by atoms with Crippen molar-refractivity contribution in [2.45, 2.75) is 18.9 Å². The van der Waals surface area contributed by atoms with Gasteiger partial charge in [-0.05, 0) is 31.4 Å². The molecule has 1 aliphatic carbocycles. The van der Waals surface area contributed by atoms with E-state index >= 15 is 0 Å². The minimum Gasteiger partial charge on any atom is -0.329 e. The highest BCUT2D eigenvalue weighted by molar-refractivity contribution is 5.23. The molecule has 17 heavy (non-hydrogen) atoms. The summed E-state index contributed by atoms with van der Waals surface area (Å²) in [5.41, 5.74) is 5.61. The van der Waals surface area contributed by atoms with E-state index in [0.717, 1.165) is 25.5 Å². The van der Waals surface area contributed by atoms with Crippen molar-refractivity contribution in [3.63, 3.8) is 0 Å². The molecule has 0 aliphatic heterocycles. The molecule has 0 radical (unpaired) electrons. The van der Waals surface area contributed by atoms with E-state index in [9.17, 15) is 13.2 Å². The minimum absolute atomic E-state index is 0.0899. The Kier molecular flexibility index (Phi) is 3.69. The number of benzene rings is 1. The van der Waals surface area contributed by atoms with E-state index in [0.29, 0.717) is 12.0 Å². The van der Waals surface area contributed by atoms with Crippen molar-refractivity contribution in [3.05, 3.63) is 35.1 Å². The second-order valence-electron chi connectivity index (χ2n) is 4.43. The summed E-state index contributed by atoms with van der Waals surface area (Å²) >= 11 is 0. The molecule has 1 fully saturated rings. The Morgan fingerprint density at radius 1 is 1.18 bits per heavy atom. The van der Waals surface area contributed by atoms with Gasteiger partial charge in [0.2, 0.25) is 0 Å². The first-order valence-corrected chi connectivity index (χ1v) is 5.69. The predicted molar refractivity (Wildman–Crippen MR) is 58.8 cm³/mol. The smallest absolute Gasteiger partial charge is 0.161 e. The maximum atomic E-state index is 13.5. The molecular formula is C12H15F3N2. The van der Waals surface area contributed by atoms with Crippen molar-refractivity contribution in [1.29, 1.82) is 0 Å². The van der Waals surface area contributed by atoms with Gasteiger partial charge in [0, 0.05) is 24.2 Å². The highest BCUT2D eigenvalue weighted by atomic mass is 19.2. The van der Waals surface area contributed by atoms with Crippen LogP contribution in [0.2, 0.25) is 0 Å². The number of nitrogens with two attached hydrogens (primary N) is 1. The summed E-state index contributed by atoms with van der Waals surface area (Å²) in [5, 5.41) is 3.08. The van der Waals surface area contributed by atoms with Crippen LogP contribution in [0.4, 0.5) is 13.2 Å². The zero-order valence-electron chi connectivity index (χ0n) is 9.35. The van der Waals surface area contributed by atoms with Crippen molar-refractivity contribution in [1.82, 2.24) is 5.32 Å². The van der Waals surface area contributed by atoms with E-state index in [1.807, 2.05) is 0 Å². The number of hydrogen-bond acceptors (Lipinski definition) is 2. The highest BCUT2D eigenvalue weighted by Crippen LogP contribution is 2.29. The molecule has 1 saturated carbocycles. The first-order valence-electron chi connectivity index (χ1n) is 5.69. The summed E-state index contributed by atoms with van der Waals surface area (Å²) in [4.78, 5) is 0. The summed E-state index contributed by atoms with van der Waals surface area (Å²) in [6.45, 7) is 0.884. The van der Waals surface area contributed by atoms with Crippen LogP contribution in [-0.4, -0.2) is 13.1 Å². The summed E-state index contributed by atoms with van der Waals surface area (Å²) in [7, 11) is 0. The van der Waals surface area contributed by atoms with Crippen LogP contribution in [0.5, 0.6) is 0 Å². The summed E-state index contributed by atoms with van der Waals surface area (Å²) in [6, 6.07) is 0.972. The molecular weight excluding hydrogens is 229 g/mol. The lowest BCUT2D eigenvalue weighted by molar-refractivity contribution is 0.462. The normalized spacial score (nSPS) is 17.2. The summed E-state index contributed by atoms with van der Waals surface area (Å²) < 4.78 is 39.3. The molecule has 1 atom stereocenters. The predicted octanol–water partition coefficient (Wildman–Crippen LogP) is 2.10. The van der Waals surface area contributed by atoms with Gasteiger partial charge in [-0.2, -0.15) is 0 Å². The Balaban J connectivity index is 2.13. The van der Waals surface area contributed by atoms with E-state index in [1.165, 1.54) is 0 Å². The van der Waals surface area contributed by atoms with Crippen LogP contribution in [0.25, 0.3) is 0 Å². The molecule has 2 nitrogen and oxygen atoms in total. The van der Waals surface area contributed by atoms with E-state index in [-0.39, 0.29) is 12.1 Å². The van der Waals surface area contributed by atoms with Crippen molar-refractivity contribution in [2.24, 2.45) is 11.7 Å². The van der Waals surface area contributed by atoms with Crippen LogP contribution < -0.4 is 11.1 Å². The van der Waals surface area contributed by atoms with Gasteiger partial charge in [-0.1, -0.05) is 0 Å². The second-order valence-corrected chi connectivity index (χ2v) is 4.43. The molecule has 3 N–H and O–H groups in total. The van der Waals surface area contributed by atoms with E-state index in [2.05, 4.69) is 5.32 Å². The molecule has 94 valence electrons. The first-order chi connectivity index (χ1) is 8.11. The number of hydrogen-bond donors (Lipinski definition) is 2. The monoisotopic (exact) mass is 244 g/mol. The molecule has 5 heteroatoms. The van der Waals surface area contributed by atoms with Gasteiger partial charge in [-0.3, -0.25) is 0 Å². The fraction of sp³-hybridized carbons (Fsp3) is 0.500. The Bertz CT molecular complexity index is 405. The summed E-state index contributed by atoms with van der Waals surface area (Å²) in [6.07, 6.45) is 2.31. The number of rotatable bonds is 5. The third-order valence-corrected chi connectivity index (χ3v) is 3.00. The molecule has 0 amide bonds. The van der Waals surface area contributed by atoms with E-state index in [4.69, 9.17) is 5.73 Å². The summed E-state index contributed by atoms with van der Waals surface area (Å²) in [5.74, 6) is -2.38. The zero-order chi connectivity index (χ0) is 12.4. The zero-order valence-corrected chi connectivity index (χ0v) is 9.35. The van der Waals surface area contributed by atoms with Gasteiger partial charge in [-0.15, -0.1) is 0 Å². The van der Waals surface area contributed by atoms with Crippen LogP contribution in [0.3, 0.4) is 0 Å². The van der Waals surface area contributed by atoms with Crippen LogP contribution in [0, 0.1) is 23.4 Å². The van der Waals surface area contributed by atoms with Gasteiger partial charge in [0.25, 0.3) is 0 Å². The topological polar surface area (TPSA) is 38.0 Å². The van der Waals surface area contributed by atoms with Crippen molar-refractivity contribution in [3.8, 4) is 0 Å². The maximum absolute atomic E-state index is 13.5. The average Bonchev–Trinajstić information content (AvgIpc) is 3.09. The highest BCUT2D eigenvalue weighted by Gasteiger charge is 2.24. The molecule has 1 aliphatic rings. The van der Waals surface area contributed by atoms with Gasteiger partial charge in [-0.25, -0.2) is 13.2 Å². The molecule has 0 bridgehead atoms. The van der Waals surface area contributed by atoms with E-state index in [1.54, 1.807) is 0 Å². The van der Waals surface area contributed by atoms with Gasteiger partial charge < -0.3 is 11.1 Å². The average molecular weight is 244 g/mol. The Labute approximate surface area is 98.0 Å². The largest absolute Gasteiger partial charge is 0.329 e. The van der Waals surface area contributed by atoms with Crippen molar-refractivity contribution in [2.75, 3.05) is 13.1 Å². The maximum Gasteiger partial charge on any atom is 0.161 e. The molecule has 0 heterocycles. The second kappa shape index (κ2) is 5.06. The standard InChI is InChI=1S/C12H15F3N2/c13-9-4-11(15)10(14)3-8(9)12(5-16)17-6-7-1-2-7/h3-4,7,12,17H,1-2,5-6,16H2. The van der Waals surface area contributed by atoms with Gasteiger partial charge in [0.1, 0.15) is 5.82 Å². The Morgan fingerprint density at radius 3 is 2.41 bits per heavy atom. The molecule has 0 saturated heterocycles. The third kappa shape index (κ3) is 2.98. The third-order valence-electron chi connectivity index (χ3n) is 3.00. The molecule has 0 aromatic heterocycles. The number of nitrogens with one attached hydrogen (secondary N) is 1. The molecule has 2 rings (SSSR count). The quantitative estimate of drug-likeness (QED) is 0.778. The fourth-order valence-electron chi connectivity index (χ4n) is 1.76. The molecule has 1 aromatic carbocycles. The fourth-order valence-corrected chi connectivity index (χ4v) is 1.76. The SMILES string of the molecule is NCC(NCC1CC1)c1cc(F)c(F)cc1F. The minimum atomic E-state index is -1.18. The van der Waals surface area contributed by atoms with Crippen molar-refractivity contribution >= 4 is 0 Å². The van der Waals surface area contributed by atoms with Crippen LogP contribution in [0.1, 0.15) is 24.4 Å². The lowest BCUT2D eigenvalue weighted by atomic mass is 10.1. The molecule has 1 unspecified atom stereocenters. The van der Waals surface area contributed by atoms with Crippen molar-refractivity contribution < 1.29 is 13.2 Å². The van der Waals surface area contributed by atoms with Gasteiger partial charge in [0.15, 0.2) is 11.6 Å². The van der Waals surface area contributed by atoms with Gasteiger partial charge in [0.05, 0.1) is 0 Å². The number of halogens is 3. The first kappa shape index (κ1) is 12.4.